The van der Waals surface area contributed by atoms with Crippen LogP contribution in [0.4, 0.5) is 0 Å². The molecule has 1 aromatic heterocycles. The van der Waals surface area contributed by atoms with E-state index in [1.807, 2.05) is 32.6 Å². The molecule has 2 amide bonds. The van der Waals surface area contributed by atoms with E-state index in [9.17, 15) is 19.5 Å². The summed E-state index contributed by atoms with van der Waals surface area (Å²) in [5, 5.41) is 19.3. The number of likely N-dealkylation sites (N-methyl/N-ethyl adjacent to an activating group) is 1. The number of amides is 2. The minimum absolute atomic E-state index is 0.00802. The average Bonchev–Trinajstić information content (AvgIpc) is 3.46. The first-order valence-corrected chi connectivity index (χ1v) is 15.9. The Morgan fingerprint density at radius 1 is 1.17 bits per heavy atom. The van der Waals surface area contributed by atoms with Gasteiger partial charge in [-0.05, 0) is 38.1 Å². The van der Waals surface area contributed by atoms with Crippen LogP contribution in [-0.2, 0) is 14.3 Å². The summed E-state index contributed by atoms with van der Waals surface area (Å²) in [6.07, 6.45) is 11.3. The molecule has 0 saturated carbocycles. The van der Waals surface area contributed by atoms with E-state index in [0.29, 0.717) is 37.2 Å². The van der Waals surface area contributed by atoms with Crippen molar-refractivity contribution in [1.29, 1.82) is 0 Å². The highest BCUT2D eigenvalue weighted by Crippen LogP contribution is 2.29. The number of terminal acetylenes is 1. The molecule has 0 aromatic carbocycles. The summed E-state index contributed by atoms with van der Waals surface area (Å²) >= 11 is 1.19. The molecular formula is C31H52N4O5S. The zero-order valence-corrected chi connectivity index (χ0v) is 26.9. The van der Waals surface area contributed by atoms with E-state index in [-0.39, 0.29) is 47.8 Å². The Kier molecular flexibility index (Phi) is 17.5. The van der Waals surface area contributed by atoms with Crippen LogP contribution < -0.4 is 10.6 Å². The molecule has 0 spiro atoms. The Labute approximate surface area is 251 Å². The second-order valence-electron chi connectivity index (χ2n) is 11.0. The monoisotopic (exact) mass is 592 g/mol. The smallest absolute Gasteiger partial charge is 0.357 e. The fourth-order valence-electron chi connectivity index (χ4n) is 4.80. The van der Waals surface area contributed by atoms with Gasteiger partial charge in [-0.2, -0.15) is 0 Å². The molecule has 0 aliphatic heterocycles. The van der Waals surface area contributed by atoms with Crippen molar-refractivity contribution < 1.29 is 24.2 Å². The zero-order valence-electron chi connectivity index (χ0n) is 26.1. The third-order valence-corrected chi connectivity index (χ3v) is 8.57. The van der Waals surface area contributed by atoms with Gasteiger partial charge in [0.15, 0.2) is 5.69 Å². The Hall–Kier alpha value is -2.48. The van der Waals surface area contributed by atoms with E-state index in [1.165, 1.54) is 18.4 Å². The van der Waals surface area contributed by atoms with Gasteiger partial charge >= 0.3 is 5.97 Å². The van der Waals surface area contributed by atoms with Gasteiger partial charge < -0.3 is 25.4 Å². The predicted molar refractivity (Wildman–Crippen MR) is 164 cm³/mol. The Balaban J connectivity index is 3.30. The van der Waals surface area contributed by atoms with E-state index in [1.54, 1.807) is 12.4 Å². The van der Waals surface area contributed by atoms with Crippen LogP contribution in [0.15, 0.2) is 5.38 Å². The number of thiazole rings is 1. The number of methoxy groups -OCH3 is 1. The molecule has 1 rings (SSSR count). The summed E-state index contributed by atoms with van der Waals surface area (Å²) in [7, 11) is 3.06. The van der Waals surface area contributed by atoms with Crippen molar-refractivity contribution in [3.63, 3.8) is 0 Å². The predicted octanol–water partition coefficient (Wildman–Crippen LogP) is 4.71. The topological polar surface area (TPSA) is 121 Å². The molecule has 0 fully saturated rings. The van der Waals surface area contributed by atoms with Crippen molar-refractivity contribution >= 4 is 29.1 Å². The lowest BCUT2D eigenvalue weighted by atomic mass is 9.92. The molecule has 3 N–H and O–H groups in total. The number of rotatable bonds is 20. The van der Waals surface area contributed by atoms with E-state index in [4.69, 9.17) is 11.2 Å². The fourth-order valence-corrected chi connectivity index (χ4v) is 5.58. The molecule has 0 radical (unpaired) electrons. The van der Waals surface area contributed by atoms with E-state index < -0.39 is 18.1 Å². The number of hydrogen-bond donors (Lipinski definition) is 3. The highest BCUT2D eigenvalue weighted by atomic mass is 32.1. The molecule has 1 unspecified atom stereocenters. The van der Waals surface area contributed by atoms with Crippen molar-refractivity contribution in [2.75, 3.05) is 20.7 Å². The molecule has 1 aromatic rings. The normalized spacial score (nSPS) is 14.9. The van der Waals surface area contributed by atoms with Gasteiger partial charge in [-0.15, -0.1) is 23.7 Å². The number of esters is 1. The molecule has 1 heterocycles. The van der Waals surface area contributed by atoms with Gasteiger partial charge in [-0.1, -0.05) is 60.3 Å². The van der Waals surface area contributed by atoms with Crippen LogP contribution >= 0.6 is 11.3 Å². The molecule has 0 aliphatic carbocycles. The minimum atomic E-state index is -0.976. The summed E-state index contributed by atoms with van der Waals surface area (Å²) in [5.74, 6) is 1.68. The first kappa shape index (κ1) is 36.5. The number of aromatic nitrogens is 1. The van der Waals surface area contributed by atoms with E-state index >= 15 is 0 Å². The second-order valence-corrected chi connectivity index (χ2v) is 11.9. The molecule has 9 nitrogen and oxygen atoms in total. The Morgan fingerprint density at radius 3 is 2.44 bits per heavy atom. The number of hydrogen-bond acceptors (Lipinski definition) is 8. The average molecular weight is 593 g/mol. The van der Waals surface area contributed by atoms with Crippen LogP contribution in [0.3, 0.4) is 0 Å². The highest BCUT2D eigenvalue weighted by Gasteiger charge is 2.36. The van der Waals surface area contributed by atoms with Crippen LogP contribution in [-0.4, -0.2) is 71.6 Å². The van der Waals surface area contributed by atoms with Gasteiger partial charge in [0.1, 0.15) is 17.2 Å². The molecule has 0 aliphatic rings. The van der Waals surface area contributed by atoms with Crippen LogP contribution in [0.5, 0.6) is 0 Å². The maximum atomic E-state index is 14.3. The first-order valence-electron chi connectivity index (χ1n) is 15.0. The van der Waals surface area contributed by atoms with Gasteiger partial charge in [-0.3, -0.25) is 9.59 Å². The van der Waals surface area contributed by atoms with Crippen LogP contribution in [0.25, 0.3) is 0 Å². The zero-order chi connectivity index (χ0) is 30.9. The quantitative estimate of drug-likeness (QED) is 0.114. The van der Waals surface area contributed by atoms with Gasteiger partial charge in [0.2, 0.25) is 11.8 Å². The molecule has 232 valence electrons. The van der Waals surface area contributed by atoms with Crippen molar-refractivity contribution in [1.82, 2.24) is 20.5 Å². The Morgan fingerprint density at radius 2 is 1.88 bits per heavy atom. The molecule has 41 heavy (non-hydrogen) atoms. The lowest BCUT2D eigenvalue weighted by Gasteiger charge is -2.39. The summed E-state index contributed by atoms with van der Waals surface area (Å²) in [6, 6.07) is -1.41. The fraction of sp³-hybridized carbons (Fsp3) is 0.742. The maximum absolute atomic E-state index is 14.3. The van der Waals surface area contributed by atoms with E-state index in [0.717, 1.165) is 25.7 Å². The summed E-state index contributed by atoms with van der Waals surface area (Å²) in [5.41, 5.74) is 0.146. The Bertz CT molecular complexity index is 976. The second kappa shape index (κ2) is 19.6. The van der Waals surface area contributed by atoms with Gasteiger partial charge in [-0.25, -0.2) is 9.78 Å². The van der Waals surface area contributed by atoms with E-state index in [2.05, 4.69) is 28.5 Å². The number of aliphatic hydroxyl groups is 1. The molecule has 10 heteroatoms. The third-order valence-electron chi connectivity index (χ3n) is 7.63. The number of aliphatic hydroxyl groups excluding tert-OH is 1. The van der Waals surface area contributed by atoms with Crippen molar-refractivity contribution in [3.8, 4) is 12.3 Å². The SMILES string of the molecule is C#CCCCCN(C(=O)[C@@H](NC(=O)[C@@H](CCCCC)NC)[C@@H](C)CC)C(C[C@@H](O)c1nc(C(=O)OC)cs1)C(C)C. The molecule has 0 saturated heterocycles. The van der Waals surface area contributed by atoms with Crippen LogP contribution in [0, 0.1) is 24.2 Å². The van der Waals surface area contributed by atoms with Crippen LogP contribution in [0.1, 0.15) is 114 Å². The number of unbranched alkanes of at least 4 members (excludes halogenated alkanes) is 4. The molecular weight excluding hydrogens is 540 g/mol. The van der Waals surface area contributed by atoms with Gasteiger partial charge in [0.25, 0.3) is 0 Å². The van der Waals surface area contributed by atoms with Crippen LogP contribution in [0.2, 0.25) is 0 Å². The molecule has 5 atom stereocenters. The number of carbonyl (C=O) groups is 3. The number of carbonyl (C=O) groups excluding carboxylic acids is 3. The van der Waals surface area contributed by atoms with Crippen molar-refractivity contribution in [2.24, 2.45) is 11.8 Å². The molecule has 0 bridgehead atoms. The maximum Gasteiger partial charge on any atom is 0.357 e. The minimum Gasteiger partial charge on any atom is -0.464 e. The van der Waals surface area contributed by atoms with Crippen molar-refractivity contribution in [2.45, 2.75) is 117 Å². The number of nitrogens with zero attached hydrogens (tertiary/aromatic N) is 2. The lowest BCUT2D eigenvalue weighted by Crippen LogP contribution is -2.58. The lowest BCUT2D eigenvalue weighted by molar-refractivity contribution is -0.142. The largest absolute Gasteiger partial charge is 0.464 e. The van der Waals surface area contributed by atoms with Gasteiger partial charge in [0, 0.05) is 30.8 Å². The van der Waals surface area contributed by atoms with Crippen molar-refractivity contribution in [3.05, 3.63) is 16.1 Å². The summed E-state index contributed by atoms with van der Waals surface area (Å²) < 4.78 is 4.74. The first-order chi connectivity index (χ1) is 19.6. The third kappa shape index (κ3) is 11.7. The summed E-state index contributed by atoms with van der Waals surface area (Å²) in [6.45, 7) is 10.6. The summed E-state index contributed by atoms with van der Waals surface area (Å²) in [4.78, 5) is 45.6. The van der Waals surface area contributed by atoms with Gasteiger partial charge in [0.05, 0.1) is 13.2 Å². The standard InChI is InChI=1S/C31H52N4O5S/c1-9-12-14-16-18-35(25(21(4)5)19-26(36)29-33-24(20-41-29)31(39)40-8)30(38)27(22(6)11-3)34-28(37)23(32-7)17-15-13-10-2/h1,20-23,25-27,32,36H,10-19H2,2-8H3,(H,34,37)/t22-,23+,25?,26+,27-/m0/s1. The number of ether oxygens (including phenoxy) is 1. The number of nitrogens with one attached hydrogen (secondary N) is 2. The highest BCUT2D eigenvalue weighted by molar-refractivity contribution is 7.09.